The lowest BCUT2D eigenvalue weighted by molar-refractivity contribution is -0.150. The van der Waals surface area contributed by atoms with Gasteiger partial charge in [-0.1, -0.05) is 26.2 Å². The fraction of sp³-hybridized carbons (Fsp3) is 0.867. The van der Waals surface area contributed by atoms with E-state index in [1.165, 1.54) is 0 Å². The molecule has 0 bridgehead atoms. The quantitative estimate of drug-likeness (QED) is 0.735. The molecule has 21 heavy (non-hydrogen) atoms. The highest BCUT2D eigenvalue weighted by molar-refractivity contribution is 5.78. The number of hydrogen-bond acceptors (Lipinski definition) is 3. The summed E-state index contributed by atoms with van der Waals surface area (Å²) >= 11 is 0. The average molecular weight is 298 g/mol. The maximum Gasteiger partial charge on any atom is 0.317 e. The molecule has 0 aromatic heterocycles. The predicted octanol–water partition coefficient (Wildman–Crippen LogP) is 1.43. The van der Waals surface area contributed by atoms with Gasteiger partial charge in [-0.3, -0.25) is 4.79 Å². The first-order chi connectivity index (χ1) is 9.94. The second-order valence-corrected chi connectivity index (χ2v) is 6.58. The molecule has 1 saturated heterocycles. The number of nitrogens with zero attached hydrogens (tertiary/aromatic N) is 1. The number of amides is 2. The summed E-state index contributed by atoms with van der Waals surface area (Å²) in [5.41, 5.74) is -0.797. The molecular formula is C15H26N2O4. The molecule has 2 unspecified atom stereocenters. The minimum Gasteiger partial charge on any atom is -0.481 e. The minimum absolute atomic E-state index is 0.0626. The van der Waals surface area contributed by atoms with Crippen LogP contribution in [0.1, 0.15) is 45.4 Å². The predicted molar refractivity (Wildman–Crippen MR) is 77.9 cm³/mol. The number of rotatable bonds is 3. The van der Waals surface area contributed by atoms with Crippen LogP contribution < -0.4 is 5.32 Å². The number of piperidine rings is 1. The lowest BCUT2D eigenvalue weighted by Gasteiger charge is -2.37. The molecule has 2 fully saturated rings. The summed E-state index contributed by atoms with van der Waals surface area (Å²) < 4.78 is 0. The summed E-state index contributed by atoms with van der Waals surface area (Å²) in [5.74, 6) is -0.738. The monoisotopic (exact) mass is 298 g/mol. The maximum absolute atomic E-state index is 12.2. The summed E-state index contributed by atoms with van der Waals surface area (Å²) in [6.45, 7) is 3.17. The average Bonchev–Trinajstić information content (AvgIpc) is 2.48. The van der Waals surface area contributed by atoms with Crippen molar-refractivity contribution in [2.45, 2.75) is 51.6 Å². The smallest absolute Gasteiger partial charge is 0.317 e. The van der Waals surface area contributed by atoms with Gasteiger partial charge in [0.05, 0.1) is 11.5 Å². The number of urea groups is 1. The molecule has 3 N–H and O–H groups in total. The van der Waals surface area contributed by atoms with Crippen molar-refractivity contribution in [2.75, 3.05) is 19.6 Å². The van der Waals surface area contributed by atoms with Gasteiger partial charge in [0.15, 0.2) is 0 Å². The highest BCUT2D eigenvalue weighted by atomic mass is 16.4. The molecule has 1 saturated carbocycles. The Hall–Kier alpha value is -1.30. The highest BCUT2D eigenvalue weighted by Gasteiger charge is 2.40. The van der Waals surface area contributed by atoms with Crippen LogP contribution in [0.2, 0.25) is 0 Å². The number of likely N-dealkylation sites (tertiary alicyclic amines) is 1. The van der Waals surface area contributed by atoms with E-state index < -0.39 is 11.4 Å². The fourth-order valence-electron chi connectivity index (χ4n) is 3.37. The van der Waals surface area contributed by atoms with Gasteiger partial charge in [0.1, 0.15) is 0 Å². The molecule has 2 aliphatic rings. The standard InChI is InChI=1S/C15H26N2O4/c1-11-9-17(8-5-12(11)18)14(21)16-10-15(13(19)20)6-3-2-4-7-15/h11-12,18H,2-10H2,1H3,(H,16,21)(H,19,20). The second kappa shape index (κ2) is 6.64. The van der Waals surface area contributed by atoms with Gasteiger partial charge in [0.25, 0.3) is 0 Å². The normalized spacial score (nSPS) is 29.0. The molecule has 1 aliphatic carbocycles. The number of carbonyl (C=O) groups is 2. The topological polar surface area (TPSA) is 89.9 Å². The van der Waals surface area contributed by atoms with E-state index in [9.17, 15) is 19.8 Å². The van der Waals surface area contributed by atoms with Crippen LogP contribution in [0, 0.1) is 11.3 Å². The van der Waals surface area contributed by atoms with Crippen molar-refractivity contribution in [3.05, 3.63) is 0 Å². The van der Waals surface area contributed by atoms with Crippen molar-refractivity contribution in [2.24, 2.45) is 11.3 Å². The van der Waals surface area contributed by atoms with Crippen LogP contribution in [0.3, 0.4) is 0 Å². The number of nitrogens with one attached hydrogen (secondary N) is 1. The molecule has 0 radical (unpaired) electrons. The van der Waals surface area contributed by atoms with E-state index in [0.29, 0.717) is 32.4 Å². The molecule has 0 aromatic rings. The molecule has 2 atom stereocenters. The van der Waals surface area contributed by atoms with Gasteiger partial charge in [-0.25, -0.2) is 4.79 Å². The van der Waals surface area contributed by atoms with Gasteiger partial charge in [-0.05, 0) is 25.2 Å². The summed E-state index contributed by atoms with van der Waals surface area (Å²) in [6, 6.07) is -0.208. The lowest BCUT2D eigenvalue weighted by atomic mass is 9.74. The fourth-order valence-corrected chi connectivity index (χ4v) is 3.37. The van der Waals surface area contributed by atoms with Crippen molar-refractivity contribution in [1.82, 2.24) is 10.2 Å². The number of hydrogen-bond donors (Lipinski definition) is 3. The Kier molecular flexibility index (Phi) is 5.08. The van der Waals surface area contributed by atoms with Crippen LogP contribution in [0.15, 0.2) is 0 Å². The van der Waals surface area contributed by atoms with Crippen LogP contribution in [0.5, 0.6) is 0 Å². The number of carboxylic acid groups (broad SMARTS) is 1. The minimum atomic E-state index is -0.801. The van der Waals surface area contributed by atoms with E-state index in [1.807, 2.05) is 6.92 Å². The Balaban J connectivity index is 1.89. The Labute approximate surface area is 125 Å². The Bertz CT molecular complexity index is 393. The number of aliphatic hydroxyl groups excluding tert-OH is 1. The van der Waals surface area contributed by atoms with Crippen LogP contribution in [0.4, 0.5) is 4.79 Å². The number of aliphatic carboxylic acids is 1. The van der Waals surface area contributed by atoms with Gasteiger partial charge < -0.3 is 20.4 Å². The third-order valence-corrected chi connectivity index (χ3v) is 4.99. The molecule has 1 heterocycles. The van der Waals surface area contributed by atoms with Gasteiger partial charge in [0, 0.05) is 19.6 Å². The molecule has 2 amide bonds. The zero-order valence-corrected chi connectivity index (χ0v) is 12.7. The Morgan fingerprint density at radius 3 is 2.52 bits per heavy atom. The van der Waals surface area contributed by atoms with E-state index in [0.717, 1.165) is 19.3 Å². The van der Waals surface area contributed by atoms with Crippen molar-refractivity contribution >= 4 is 12.0 Å². The number of carboxylic acids is 1. The first-order valence-corrected chi connectivity index (χ1v) is 7.89. The third-order valence-electron chi connectivity index (χ3n) is 4.99. The van der Waals surface area contributed by atoms with Crippen molar-refractivity contribution in [3.63, 3.8) is 0 Å². The lowest BCUT2D eigenvalue weighted by Crippen LogP contribution is -2.52. The van der Waals surface area contributed by atoms with Crippen molar-refractivity contribution in [1.29, 1.82) is 0 Å². The maximum atomic E-state index is 12.2. The van der Waals surface area contributed by atoms with Crippen molar-refractivity contribution < 1.29 is 19.8 Å². The van der Waals surface area contributed by atoms with Gasteiger partial charge >= 0.3 is 12.0 Å². The number of carbonyl (C=O) groups excluding carboxylic acids is 1. The molecule has 1 aliphatic heterocycles. The zero-order valence-electron chi connectivity index (χ0n) is 12.7. The van der Waals surface area contributed by atoms with E-state index in [-0.39, 0.29) is 24.6 Å². The van der Waals surface area contributed by atoms with Gasteiger partial charge in [0.2, 0.25) is 0 Å². The van der Waals surface area contributed by atoms with Crippen LogP contribution in [-0.2, 0) is 4.79 Å². The van der Waals surface area contributed by atoms with Gasteiger partial charge in [-0.15, -0.1) is 0 Å². The second-order valence-electron chi connectivity index (χ2n) is 6.58. The molecule has 2 rings (SSSR count). The SMILES string of the molecule is CC1CN(C(=O)NCC2(C(=O)O)CCCCC2)CCC1O. The molecule has 120 valence electrons. The first kappa shape index (κ1) is 16.1. The number of aliphatic hydroxyl groups is 1. The molecule has 0 spiro atoms. The van der Waals surface area contributed by atoms with E-state index in [2.05, 4.69) is 5.32 Å². The Morgan fingerprint density at radius 2 is 1.95 bits per heavy atom. The molecular weight excluding hydrogens is 272 g/mol. The summed E-state index contributed by atoms with van der Waals surface area (Å²) in [6.07, 6.45) is 4.40. The summed E-state index contributed by atoms with van der Waals surface area (Å²) in [7, 11) is 0. The first-order valence-electron chi connectivity index (χ1n) is 7.89. The highest BCUT2D eigenvalue weighted by Crippen LogP contribution is 2.36. The van der Waals surface area contributed by atoms with Gasteiger partial charge in [-0.2, -0.15) is 0 Å². The largest absolute Gasteiger partial charge is 0.481 e. The van der Waals surface area contributed by atoms with Crippen LogP contribution >= 0.6 is 0 Å². The van der Waals surface area contributed by atoms with Crippen molar-refractivity contribution in [3.8, 4) is 0 Å². The van der Waals surface area contributed by atoms with E-state index in [1.54, 1.807) is 4.90 Å². The van der Waals surface area contributed by atoms with E-state index >= 15 is 0 Å². The third kappa shape index (κ3) is 3.67. The zero-order chi connectivity index (χ0) is 15.5. The summed E-state index contributed by atoms with van der Waals surface area (Å²) in [5, 5.41) is 22.0. The van der Waals surface area contributed by atoms with Crippen LogP contribution in [-0.4, -0.2) is 52.9 Å². The molecule has 0 aromatic carbocycles. The summed E-state index contributed by atoms with van der Waals surface area (Å²) in [4.78, 5) is 25.4. The molecule has 6 nitrogen and oxygen atoms in total. The molecule has 6 heteroatoms. The van der Waals surface area contributed by atoms with E-state index in [4.69, 9.17) is 0 Å². The van der Waals surface area contributed by atoms with Crippen LogP contribution in [0.25, 0.3) is 0 Å². The Morgan fingerprint density at radius 1 is 1.29 bits per heavy atom.